The molecule has 0 bridgehead atoms. The first-order valence-electron chi connectivity index (χ1n) is 5.24. The van der Waals surface area contributed by atoms with Gasteiger partial charge in [0.05, 0.1) is 17.4 Å². The van der Waals surface area contributed by atoms with Gasteiger partial charge in [-0.15, -0.1) is 0 Å². The fourth-order valence-electron chi connectivity index (χ4n) is 1.63. The molecule has 0 spiro atoms. The number of pyridine rings is 1. The van der Waals surface area contributed by atoms with Crippen LogP contribution in [-0.2, 0) is 14.1 Å². The minimum absolute atomic E-state index is 0.183. The van der Waals surface area contributed by atoms with Gasteiger partial charge in [-0.3, -0.25) is 14.6 Å². The molecule has 94 valence electrons. The number of hydrogen-bond acceptors (Lipinski definition) is 6. The summed E-state index contributed by atoms with van der Waals surface area (Å²) in [6, 6.07) is 4.93. The maximum atomic E-state index is 11.7. The Bertz CT molecular complexity index is 796. The minimum atomic E-state index is -0.290. The number of hydrazone groups is 1. The molecule has 0 aliphatic rings. The highest BCUT2D eigenvalue weighted by atomic mass is 16.1. The van der Waals surface area contributed by atoms with Crippen LogP contribution in [0.15, 0.2) is 22.2 Å². The van der Waals surface area contributed by atoms with Gasteiger partial charge in [-0.2, -0.15) is 15.6 Å². The van der Waals surface area contributed by atoms with E-state index >= 15 is 0 Å². The molecular formula is C11H9N7O. The van der Waals surface area contributed by atoms with Gasteiger partial charge >= 0.3 is 5.69 Å². The van der Waals surface area contributed by atoms with Crippen LogP contribution in [-0.4, -0.2) is 19.8 Å². The lowest BCUT2D eigenvalue weighted by atomic mass is 10.4. The average Bonchev–Trinajstić information content (AvgIpc) is 2.65. The van der Waals surface area contributed by atoms with Crippen LogP contribution >= 0.6 is 0 Å². The molecule has 0 unspecified atom stereocenters. The number of hydrogen-bond donors (Lipinski definition) is 1. The highest BCUT2D eigenvalue weighted by molar-refractivity contribution is 6.10. The number of nitrogens with one attached hydrogen (secondary N) is 1. The molecule has 0 radical (unpaired) electrons. The Kier molecular flexibility index (Phi) is 3.00. The van der Waals surface area contributed by atoms with E-state index in [1.54, 1.807) is 32.3 Å². The van der Waals surface area contributed by atoms with Gasteiger partial charge in [0, 0.05) is 14.1 Å². The topological polar surface area (TPSA) is 112 Å². The van der Waals surface area contributed by atoms with Gasteiger partial charge < -0.3 is 0 Å². The Morgan fingerprint density at radius 2 is 2.05 bits per heavy atom. The summed E-state index contributed by atoms with van der Waals surface area (Å²) in [5, 5.41) is 20.7. The number of imidazole rings is 1. The predicted octanol–water partition coefficient (Wildman–Crippen LogP) is 0.0871. The zero-order chi connectivity index (χ0) is 14.0. The molecule has 0 aliphatic carbocycles. The third-order valence-corrected chi connectivity index (χ3v) is 2.61. The Labute approximate surface area is 107 Å². The SMILES string of the molecule is Cn1c(=O)n(C)c2ncc(NN=C(C#N)C#N)cc21. The summed E-state index contributed by atoms with van der Waals surface area (Å²) in [6.07, 6.45) is 1.47. The fraction of sp³-hybridized carbons (Fsp3) is 0.182. The van der Waals surface area contributed by atoms with Gasteiger partial charge in [-0.05, 0) is 6.07 Å². The third kappa shape index (κ3) is 2.03. The predicted molar refractivity (Wildman–Crippen MR) is 68.2 cm³/mol. The molecule has 0 amide bonds. The summed E-state index contributed by atoms with van der Waals surface area (Å²) in [4.78, 5) is 15.8. The molecule has 1 N–H and O–H groups in total. The smallest absolute Gasteiger partial charge is 0.293 e. The van der Waals surface area contributed by atoms with Crippen molar-refractivity contribution in [1.29, 1.82) is 10.5 Å². The highest BCUT2D eigenvalue weighted by Gasteiger charge is 2.09. The first-order valence-corrected chi connectivity index (χ1v) is 5.24. The quantitative estimate of drug-likeness (QED) is 0.603. The van der Waals surface area contributed by atoms with Crippen molar-refractivity contribution >= 4 is 22.6 Å². The van der Waals surface area contributed by atoms with Crippen molar-refractivity contribution in [2.24, 2.45) is 19.2 Å². The largest absolute Gasteiger partial charge is 0.329 e. The van der Waals surface area contributed by atoms with Crippen molar-refractivity contribution in [3.05, 3.63) is 22.7 Å². The molecule has 8 nitrogen and oxygen atoms in total. The molecular weight excluding hydrogens is 246 g/mol. The van der Waals surface area contributed by atoms with Gasteiger partial charge in [0.15, 0.2) is 5.65 Å². The lowest BCUT2D eigenvalue weighted by Gasteiger charge is -2.00. The molecule has 2 rings (SSSR count). The third-order valence-electron chi connectivity index (χ3n) is 2.61. The molecule has 0 atom stereocenters. The molecule has 2 aromatic rings. The molecule has 8 heteroatoms. The van der Waals surface area contributed by atoms with Crippen LogP contribution in [0.3, 0.4) is 0 Å². The molecule has 0 saturated heterocycles. The number of fused-ring (bicyclic) bond motifs is 1. The maximum Gasteiger partial charge on any atom is 0.329 e. The number of rotatable bonds is 2. The van der Waals surface area contributed by atoms with Crippen molar-refractivity contribution < 1.29 is 0 Å². The van der Waals surface area contributed by atoms with E-state index in [0.717, 1.165) is 0 Å². The minimum Gasteiger partial charge on any atom is -0.293 e. The van der Waals surface area contributed by atoms with Crippen LogP contribution < -0.4 is 11.1 Å². The van der Waals surface area contributed by atoms with Crippen molar-refractivity contribution in [3.63, 3.8) is 0 Å². The molecule has 0 aromatic carbocycles. The lowest BCUT2D eigenvalue weighted by Crippen LogP contribution is -2.19. The van der Waals surface area contributed by atoms with E-state index in [0.29, 0.717) is 16.9 Å². The number of nitriles is 2. The Morgan fingerprint density at radius 3 is 2.68 bits per heavy atom. The molecule has 19 heavy (non-hydrogen) atoms. The van der Waals surface area contributed by atoms with Crippen LogP contribution in [0.1, 0.15) is 0 Å². The number of anilines is 1. The summed E-state index contributed by atoms with van der Waals surface area (Å²) < 4.78 is 2.88. The zero-order valence-electron chi connectivity index (χ0n) is 10.2. The maximum absolute atomic E-state index is 11.7. The normalized spacial score (nSPS) is 9.68. The number of aryl methyl sites for hydroxylation is 2. The number of nitrogens with zero attached hydrogens (tertiary/aromatic N) is 6. The summed E-state index contributed by atoms with van der Waals surface area (Å²) >= 11 is 0. The van der Waals surface area contributed by atoms with E-state index in [1.807, 2.05) is 0 Å². The van der Waals surface area contributed by atoms with Gasteiger partial charge in [-0.25, -0.2) is 9.78 Å². The first kappa shape index (κ1) is 12.3. The Balaban J connectivity index is 2.47. The fourth-order valence-corrected chi connectivity index (χ4v) is 1.63. The Morgan fingerprint density at radius 1 is 1.37 bits per heavy atom. The summed E-state index contributed by atoms with van der Waals surface area (Å²) in [6.45, 7) is 0. The monoisotopic (exact) mass is 255 g/mol. The van der Waals surface area contributed by atoms with Crippen LogP contribution in [0.25, 0.3) is 11.2 Å². The van der Waals surface area contributed by atoms with Gasteiger partial charge in [-0.1, -0.05) is 0 Å². The first-order chi connectivity index (χ1) is 9.08. The number of aromatic nitrogens is 3. The van der Waals surface area contributed by atoms with E-state index in [4.69, 9.17) is 10.5 Å². The van der Waals surface area contributed by atoms with E-state index in [2.05, 4.69) is 15.5 Å². The van der Waals surface area contributed by atoms with Crippen LogP contribution in [0.4, 0.5) is 5.69 Å². The van der Waals surface area contributed by atoms with Gasteiger partial charge in [0.1, 0.15) is 12.1 Å². The second-order valence-electron chi connectivity index (χ2n) is 3.76. The van der Waals surface area contributed by atoms with Gasteiger partial charge in [0.2, 0.25) is 5.71 Å². The van der Waals surface area contributed by atoms with Crippen molar-refractivity contribution in [2.75, 3.05) is 5.43 Å². The van der Waals surface area contributed by atoms with E-state index < -0.39 is 0 Å². The van der Waals surface area contributed by atoms with Crippen molar-refractivity contribution in [1.82, 2.24) is 14.1 Å². The van der Waals surface area contributed by atoms with E-state index in [1.165, 1.54) is 15.3 Å². The second-order valence-corrected chi connectivity index (χ2v) is 3.76. The molecule has 0 aliphatic heterocycles. The van der Waals surface area contributed by atoms with Crippen molar-refractivity contribution in [2.45, 2.75) is 0 Å². The van der Waals surface area contributed by atoms with Gasteiger partial charge in [0.25, 0.3) is 0 Å². The average molecular weight is 255 g/mol. The summed E-state index contributed by atoms with van der Waals surface area (Å²) in [5.41, 5.74) is 3.73. The second kappa shape index (κ2) is 4.63. The van der Waals surface area contributed by atoms with Crippen LogP contribution in [0.5, 0.6) is 0 Å². The molecule has 2 heterocycles. The van der Waals surface area contributed by atoms with Crippen molar-refractivity contribution in [3.8, 4) is 12.1 Å². The lowest BCUT2D eigenvalue weighted by molar-refractivity contribution is 0.791. The zero-order valence-corrected chi connectivity index (χ0v) is 10.2. The Hall–Kier alpha value is -3.13. The highest BCUT2D eigenvalue weighted by Crippen LogP contribution is 2.14. The van der Waals surface area contributed by atoms with E-state index in [-0.39, 0.29) is 11.4 Å². The standard InChI is InChI=1S/C11H9N7O/c1-17-9-3-7(15-16-8(4-12)5-13)6-14-10(9)18(2)11(17)19/h3,6,15H,1-2H3. The summed E-state index contributed by atoms with van der Waals surface area (Å²) in [7, 11) is 3.27. The summed E-state index contributed by atoms with van der Waals surface area (Å²) in [5.74, 6) is 0. The molecule has 2 aromatic heterocycles. The van der Waals surface area contributed by atoms with E-state index in [9.17, 15) is 4.79 Å². The molecule has 0 fully saturated rings. The van der Waals surface area contributed by atoms with Crippen LogP contribution in [0.2, 0.25) is 0 Å². The van der Waals surface area contributed by atoms with Crippen LogP contribution in [0, 0.1) is 22.7 Å². The molecule has 0 saturated carbocycles.